The van der Waals surface area contributed by atoms with Gasteiger partial charge in [0.25, 0.3) is 0 Å². The average molecular weight is 462 g/mol. The van der Waals surface area contributed by atoms with Crippen LogP contribution < -0.4 is 25.4 Å². The van der Waals surface area contributed by atoms with Crippen LogP contribution in [0.5, 0.6) is 11.8 Å². The zero-order chi connectivity index (χ0) is 22.8. The number of piperazine rings is 1. The van der Waals surface area contributed by atoms with Gasteiger partial charge in [0, 0.05) is 31.7 Å². The molecular weight excluding hydrogens is 438 g/mol. The minimum Gasteiger partial charge on any atom is -0.481 e. The fourth-order valence-corrected chi connectivity index (χ4v) is 3.84. The molecule has 0 unspecified atom stereocenters. The Kier molecular flexibility index (Phi) is 6.04. The summed E-state index contributed by atoms with van der Waals surface area (Å²) in [7, 11) is 3.00. The Morgan fingerprint density at radius 3 is 2.78 bits per heavy atom. The van der Waals surface area contributed by atoms with E-state index in [2.05, 4.69) is 30.3 Å². The lowest BCUT2D eigenvalue weighted by molar-refractivity contribution is 0.196. The van der Waals surface area contributed by atoms with Crippen LogP contribution in [0.3, 0.4) is 0 Å². The molecule has 3 aromatic rings. The number of rotatable bonds is 5. The normalized spacial score (nSPS) is 16.3. The number of carbonyl (C=O) groups excluding carboxylic acids is 1. The lowest BCUT2D eigenvalue weighted by Gasteiger charge is -2.41. The minimum atomic E-state index is -0.247. The van der Waals surface area contributed by atoms with Gasteiger partial charge in [-0.25, -0.2) is 4.79 Å². The largest absolute Gasteiger partial charge is 0.481 e. The number of aromatic nitrogens is 5. The van der Waals surface area contributed by atoms with E-state index < -0.39 is 0 Å². The van der Waals surface area contributed by atoms with Crippen LogP contribution in [-0.2, 0) is 0 Å². The molecule has 0 radical (unpaired) electrons. The first-order valence-corrected chi connectivity index (χ1v) is 10.4. The van der Waals surface area contributed by atoms with E-state index in [1.807, 2.05) is 6.92 Å². The number of hydrogen-bond donors (Lipinski definition) is 2. The summed E-state index contributed by atoms with van der Waals surface area (Å²) in [6, 6.07) is 3.09. The standard InChI is InChI=1S/C19H24ClN9O3/c1-4-11-10-27(19(30)23-13-5-6-14(31-2)24-16(13)32-3)7-8-28(11)18-26-17(21)25-15-12(20)9-22-29(15)18/h5-6,9,11H,4,7-8,10H2,1-3H3,(H2,21,25)(H,23,30)/t11-/m0/s1. The average Bonchev–Trinajstić information content (AvgIpc) is 3.18. The molecule has 13 heteroatoms. The molecule has 1 aliphatic rings. The zero-order valence-electron chi connectivity index (χ0n) is 17.9. The third-order valence-corrected chi connectivity index (χ3v) is 5.57. The van der Waals surface area contributed by atoms with Crippen LogP contribution in [0.4, 0.5) is 22.4 Å². The molecular formula is C19H24ClN9O3. The number of fused-ring (bicyclic) bond motifs is 1. The van der Waals surface area contributed by atoms with E-state index in [1.165, 1.54) is 20.4 Å². The van der Waals surface area contributed by atoms with Crippen molar-refractivity contribution in [2.75, 3.05) is 49.8 Å². The number of pyridine rings is 1. The van der Waals surface area contributed by atoms with Gasteiger partial charge in [-0.15, -0.1) is 0 Å². The second-order valence-electron chi connectivity index (χ2n) is 7.15. The highest BCUT2D eigenvalue weighted by Crippen LogP contribution is 2.27. The summed E-state index contributed by atoms with van der Waals surface area (Å²) in [5.41, 5.74) is 6.82. The van der Waals surface area contributed by atoms with E-state index in [1.54, 1.807) is 21.5 Å². The number of nitrogens with zero attached hydrogens (tertiary/aromatic N) is 7. The van der Waals surface area contributed by atoms with Crippen LogP contribution in [0.1, 0.15) is 13.3 Å². The van der Waals surface area contributed by atoms with Gasteiger partial charge < -0.3 is 30.3 Å². The Labute approximate surface area is 189 Å². The molecule has 170 valence electrons. The first-order chi connectivity index (χ1) is 15.4. The van der Waals surface area contributed by atoms with E-state index in [4.69, 9.17) is 26.8 Å². The van der Waals surface area contributed by atoms with E-state index >= 15 is 0 Å². The Hall–Kier alpha value is -3.54. The van der Waals surface area contributed by atoms with E-state index in [9.17, 15) is 4.79 Å². The van der Waals surface area contributed by atoms with Crippen LogP contribution in [-0.4, -0.2) is 75.4 Å². The monoisotopic (exact) mass is 461 g/mol. The number of amides is 2. The highest BCUT2D eigenvalue weighted by molar-refractivity contribution is 6.33. The smallest absolute Gasteiger partial charge is 0.322 e. The molecule has 3 N–H and O–H groups in total. The number of nitrogens with one attached hydrogen (secondary N) is 1. The molecule has 4 rings (SSSR count). The summed E-state index contributed by atoms with van der Waals surface area (Å²) >= 11 is 6.18. The Morgan fingerprint density at radius 2 is 2.06 bits per heavy atom. The lowest BCUT2D eigenvalue weighted by Crippen LogP contribution is -2.56. The van der Waals surface area contributed by atoms with Gasteiger partial charge in [-0.1, -0.05) is 18.5 Å². The van der Waals surface area contributed by atoms with Crippen LogP contribution in [0, 0.1) is 0 Å². The number of ether oxygens (including phenoxy) is 2. The van der Waals surface area contributed by atoms with Crippen molar-refractivity contribution in [3.63, 3.8) is 0 Å². The maximum Gasteiger partial charge on any atom is 0.322 e. The molecule has 0 aliphatic carbocycles. The van der Waals surface area contributed by atoms with Crippen molar-refractivity contribution in [2.45, 2.75) is 19.4 Å². The third-order valence-electron chi connectivity index (χ3n) is 5.30. The first-order valence-electron chi connectivity index (χ1n) is 10.0. The number of anilines is 3. The van der Waals surface area contributed by atoms with Crippen molar-refractivity contribution < 1.29 is 14.3 Å². The van der Waals surface area contributed by atoms with Gasteiger partial charge >= 0.3 is 6.03 Å². The lowest BCUT2D eigenvalue weighted by atomic mass is 10.1. The SMILES string of the molecule is CC[C@H]1CN(C(=O)Nc2ccc(OC)nc2OC)CCN1c1nc(N)nc2c(Cl)cnn12. The van der Waals surface area contributed by atoms with Crippen molar-refractivity contribution in [1.29, 1.82) is 0 Å². The molecule has 1 aliphatic heterocycles. The van der Waals surface area contributed by atoms with Crippen LogP contribution in [0.25, 0.3) is 5.65 Å². The fourth-order valence-electron chi connectivity index (χ4n) is 3.67. The number of nitrogen functional groups attached to an aromatic ring is 1. The summed E-state index contributed by atoms with van der Waals surface area (Å²) in [4.78, 5) is 29.5. The molecule has 12 nitrogen and oxygen atoms in total. The second-order valence-corrected chi connectivity index (χ2v) is 7.56. The summed E-state index contributed by atoms with van der Waals surface area (Å²) < 4.78 is 11.9. The van der Waals surface area contributed by atoms with Gasteiger partial charge in [0.1, 0.15) is 10.7 Å². The van der Waals surface area contributed by atoms with Crippen molar-refractivity contribution in [3.05, 3.63) is 23.4 Å². The van der Waals surface area contributed by atoms with E-state index in [0.29, 0.717) is 47.8 Å². The molecule has 32 heavy (non-hydrogen) atoms. The van der Waals surface area contributed by atoms with Crippen LogP contribution in [0.15, 0.2) is 18.3 Å². The molecule has 1 saturated heterocycles. The van der Waals surface area contributed by atoms with Gasteiger partial charge in [0.15, 0.2) is 5.65 Å². The molecule has 3 aromatic heterocycles. The number of hydrogen-bond acceptors (Lipinski definition) is 9. The van der Waals surface area contributed by atoms with Gasteiger partial charge in [0.2, 0.25) is 23.7 Å². The van der Waals surface area contributed by atoms with Crippen molar-refractivity contribution in [3.8, 4) is 11.8 Å². The Bertz CT molecular complexity index is 1140. The molecule has 0 bridgehead atoms. The van der Waals surface area contributed by atoms with Crippen molar-refractivity contribution in [2.24, 2.45) is 0 Å². The number of carbonyl (C=O) groups is 1. The quantitative estimate of drug-likeness (QED) is 0.583. The Morgan fingerprint density at radius 1 is 1.25 bits per heavy atom. The predicted octanol–water partition coefficient (Wildman–Crippen LogP) is 1.90. The third kappa shape index (κ3) is 4.00. The second kappa shape index (κ2) is 8.91. The van der Waals surface area contributed by atoms with Gasteiger partial charge in [-0.2, -0.15) is 24.6 Å². The Balaban J connectivity index is 1.53. The van der Waals surface area contributed by atoms with Crippen molar-refractivity contribution >= 4 is 40.9 Å². The fraction of sp³-hybridized carbons (Fsp3) is 0.421. The molecule has 1 atom stereocenters. The molecule has 0 aromatic carbocycles. The molecule has 1 fully saturated rings. The van der Waals surface area contributed by atoms with Gasteiger partial charge in [0.05, 0.1) is 20.4 Å². The number of urea groups is 1. The molecule has 2 amide bonds. The van der Waals surface area contributed by atoms with E-state index in [0.717, 1.165) is 6.42 Å². The number of nitrogens with two attached hydrogens (primary N) is 1. The predicted molar refractivity (Wildman–Crippen MR) is 120 cm³/mol. The zero-order valence-corrected chi connectivity index (χ0v) is 18.7. The summed E-state index contributed by atoms with van der Waals surface area (Å²) in [6.45, 7) is 3.53. The molecule has 0 spiro atoms. The van der Waals surface area contributed by atoms with Crippen LogP contribution in [0.2, 0.25) is 5.02 Å². The van der Waals surface area contributed by atoms with E-state index in [-0.39, 0.29) is 23.9 Å². The molecule has 4 heterocycles. The van der Waals surface area contributed by atoms with Gasteiger partial charge in [-0.3, -0.25) is 0 Å². The minimum absolute atomic E-state index is 0.00846. The highest BCUT2D eigenvalue weighted by atomic mass is 35.5. The summed E-state index contributed by atoms with van der Waals surface area (Å²) in [5.74, 6) is 1.34. The topological polar surface area (TPSA) is 136 Å². The number of halogens is 1. The number of methoxy groups -OCH3 is 2. The summed E-state index contributed by atoms with van der Waals surface area (Å²) in [5, 5.41) is 7.55. The summed E-state index contributed by atoms with van der Waals surface area (Å²) in [6.07, 6.45) is 2.28. The maximum absolute atomic E-state index is 13.0. The van der Waals surface area contributed by atoms with Crippen molar-refractivity contribution in [1.82, 2.24) is 29.5 Å². The maximum atomic E-state index is 13.0. The molecule has 0 saturated carbocycles. The highest BCUT2D eigenvalue weighted by Gasteiger charge is 2.32. The van der Waals surface area contributed by atoms with Gasteiger partial charge in [-0.05, 0) is 12.5 Å². The first kappa shape index (κ1) is 21.7. The van der Waals surface area contributed by atoms with Crippen LogP contribution >= 0.6 is 11.6 Å².